The zero-order valence-corrected chi connectivity index (χ0v) is 6.16. The maximum absolute atomic E-state index is 12.3. The Hall–Kier alpha value is -0.500. The lowest BCUT2D eigenvalue weighted by Gasteiger charge is -1.88. The fourth-order valence-electron chi connectivity index (χ4n) is 0.342. The number of thiol groups is 1. The van der Waals surface area contributed by atoms with E-state index >= 15 is 0 Å². The Balaban J connectivity index is 4.27. The highest BCUT2D eigenvalue weighted by Gasteiger charge is 1.90. The van der Waals surface area contributed by atoms with Crippen LogP contribution in [-0.2, 0) is 0 Å². The van der Waals surface area contributed by atoms with Crippen molar-refractivity contribution in [2.45, 2.75) is 6.92 Å². The monoisotopic (exact) mass is 144 g/mol. The first-order valence-electron chi connectivity index (χ1n) is 2.56. The van der Waals surface area contributed by atoms with E-state index in [4.69, 9.17) is 0 Å². The lowest BCUT2D eigenvalue weighted by atomic mass is 10.4. The number of allylic oxidation sites excluding steroid dienone is 4. The van der Waals surface area contributed by atoms with Gasteiger partial charge in [0.25, 0.3) is 0 Å². The van der Waals surface area contributed by atoms with Gasteiger partial charge in [-0.2, -0.15) is 0 Å². The van der Waals surface area contributed by atoms with E-state index in [1.165, 1.54) is 0 Å². The van der Waals surface area contributed by atoms with E-state index in [2.05, 4.69) is 19.2 Å². The first-order valence-corrected chi connectivity index (χ1v) is 3.01. The molecule has 2 heteroatoms. The molecule has 0 atom stereocenters. The summed E-state index contributed by atoms with van der Waals surface area (Å²) in [7, 11) is 0. The predicted molar refractivity (Wildman–Crippen MR) is 42.1 cm³/mol. The largest absolute Gasteiger partial charge is 0.206 e. The average molecular weight is 144 g/mol. The Morgan fingerprint density at radius 2 is 2.22 bits per heavy atom. The van der Waals surface area contributed by atoms with Gasteiger partial charge in [-0.3, -0.25) is 0 Å². The molecule has 0 aliphatic heterocycles. The van der Waals surface area contributed by atoms with Gasteiger partial charge in [0.15, 0.2) is 0 Å². The number of rotatable bonds is 2. The summed E-state index contributed by atoms with van der Waals surface area (Å²) in [6.45, 7) is 5.05. The number of hydrogen-bond donors (Lipinski definition) is 1. The number of hydrogen-bond acceptors (Lipinski definition) is 1. The molecule has 0 aromatic carbocycles. The topological polar surface area (TPSA) is 0 Å². The van der Waals surface area contributed by atoms with Crippen molar-refractivity contribution >= 4 is 12.6 Å². The standard InChI is InChI=1S/C7H9FS/c1-3-5-7(9)6(8)4-2/h3-5,9H,2H2,1H3/b5-3-,7-6-. The Morgan fingerprint density at radius 1 is 1.67 bits per heavy atom. The van der Waals surface area contributed by atoms with Gasteiger partial charge in [-0.1, -0.05) is 18.7 Å². The second-order valence-corrected chi connectivity index (χ2v) is 1.92. The summed E-state index contributed by atoms with van der Waals surface area (Å²) in [4.78, 5) is 0.313. The summed E-state index contributed by atoms with van der Waals surface area (Å²) >= 11 is 3.83. The summed E-state index contributed by atoms with van der Waals surface area (Å²) in [6.07, 6.45) is 4.41. The Labute approximate surface area is 60.2 Å². The smallest absolute Gasteiger partial charge is 0.135 e. The van der Waals surface area contributed by atoms with Gasteiger partial charge in [-0.15, -0.1) is 12.6 Å². The van der Waals surface area contributed by atoms with Crippen LogP contribution in [0.3, 0.4) is 0 Å². The van der Waals surface area contributed by atoms with Crippen molar-refractivity contribution in [1.82, 2.24) is 0 Å². The molecule has 0 aromatic rings. The fraction of sp³-hybridized carbons (Fsp3) is 0.143. The second kappa shape index (κ2) is 4.39. The van der Waals surface area contributed by atoms with Crippen molar-refractivity contribution in [2.24, 2.45) is 0 Å². The highest BCUT2D eigenvalue weighted by atomic mass is 32.1. The van der Waals surface area contributed by atoms with Crippen molar-refractivity contribution in [3.05, 3.63) is 35.5 Å². The van der Waals surface area contributed by atoms with Gasteiger partial charge in [0.05, 0.1) is 0 Å². The van der Waals surface area contributed by atoms with E-state index in [0.29, 0.717) is 4.91 Å². The average Bonchev–Trinajstić information content (AvgIpc) is 1.87. The van der Waals surface area contributed by atoms with Crippen molar-refractivity contribution in [3.8, 4) is 0 Å². The van der Waals surface area contributed by atoms with Crippen LogP contribution in [-0.4, -0.2) is 0 Å². The predicted octanol–water partition coefficient (Wildman–Crippen LogP) is 2.86. The first-order chi connectivity index (χ1) is 4.22. The highest BCUT2D eigenvalue weighted by molar-refractivity contribution is 7.84. The molecule has 0 heterocycles. The second-order valence-electron chi connectivity index (χ2n) is 1.44. The molecule has 0 aliphatic rings. The Bertz CT molecular complexity index is 156. The summed E-state index contributed by atoms with van der Waals surface area (Å²) in [5.41, 5.74) is 0. The van der Waals surface area contributed by atoms with E-state index < -0.39 is 5.83 Å². The highest BCUT2D eigenvalue weighted by Crippen LogP contribution is 2.11. The van der Waals surface area contributed by atoms with Gasteiger partial charge in [0.2, 0.25) is 0 Å². The van der Waals surface area contributed by atoms with Crippen LogP contribution in [0.1, 0.15) is 6.92 Å². The van der Waals surface area contributed by atoms with Crippen LogP contribution >= 0.6 is 12.6 Å². The Kier molecular flexibility index (Phi) is 4.14. The molecule has 0 fully saturated rings. The first kappa shape index (κ1) is 8.50. The van der Waals surface area contributed by atoms with Crippen molar-refractivity contribution < 1.29 is 4.39 Å². The summed E-state index contributed by atoms with van der Waals surface area (Å²) in [6, 6.07) is 0. The number of halogens is 1. The summed E-state index contributed by atoms with van der Waals surface area (Å²) in [5, 5.41) is 0. The minimum atomic E-state index is -0.392. The maximum atomic E-state index is 12.3. The fourth-order valence-corrected chi connectivity index (χ4v) is 0.582. The zero-order chi connectivity index (χ0) is 7.28. The van der Waals surface area contributed by atoms with Crippen LogP contribution in [0.2, 0.25) is 0 Å². The van der Waals surface area contributed by atoms with E-state index in [9.17, 15) is 4.39 Å². The van der Waals surface area contributed by atoms with Crippen molar-refractivity contribution in [2.75, 3.05) is 0 Å². The lowest BCUT2D eigenvalue weighted by Crippen LogP contribution is -1.67. The molecule has 0 aliphatic carbocycles. The molecule has 0 unspecified atom stereocenters. The molecule has 0 radical (unpaired) electrons. The van der Waals surface area contributed by atoms with Crippen LogP contribution < -0.4 is 0 Å². The van der Waals surface area contributed by atoms with Crippen LogP contribution in [0, 0.1) is 0 Å². The molecular weight excluding hydrogens is 135 g/mol. The minimum Gasteiger partial charge on any atom is -0.206 e. The summed E-state index contributed by atoms with van der Waals surface area (Å²) in [5.74, 6) is -0.392. The van der Waals surface area contributed by atoms with E-state index in [-0.39, 0.29) is 0 Å². The van der Waals surface area contributed by atoms with Crippen LogP contribution in [0.4, 0.5) is 4.39 Å². The van der Waals surface area contributed by atoms with Crippen LogP contribution in [0.15, 0.2) is 35.5 Å². The third kappa shape index (κ3) is 3.14. The third-order valence-electron chi connectivity index (χ3n) is 0.748. The zero-order valence-electron chi connectivity index (χ0n) is 5.26. The van der Waals surface area contributed by atoms with Gasteiger partial charge in [0, 0.05) is 4.91 Å². The van der Waals surface area contributed by atoms with Gasteiger partial charge in [0.1, 0.15) is 5.83 Å². The molecule has 9 heavy (non-hydrogen) atoms. The molecule has 0 aromatic heterocycles. The van der Waals surface area contributed by atoms with Gasteiger partial charge in [-0.05, 0) is 13.0 Å². The van der Waals surface area contributed by atoms with Crippen molar-refractivity contribution in [1.29, 1.82) is 0 Å². The normalized spacial score (nSPS) is 13.7. The SMILES string of the molecule is C=C/C(F)=C(S)\C=C/C. The van der Waals surface area contributed by atoms with E-state index in [1.54, 1.807) is 19.1 Å². The van der Waals surface area contributed by atoms with Crippen molar-refractivity contribution in [3.63, 3.8) is 0 Å². The lowest BCUT2D eigenvalue weighted by molar-refractivity contribution is 0.666. The quantitative estimate of drug-likeness (QED) is 0.447. The van der Waals surface area contributed by atoms with E-state index in [0.717, 1.165) is 6.08 Å². The molecule has 0 amide bonds. The van der Waals surface area contributed by atoms with Gasteiger partial charge in [-0.25, -0.2) is 4.39 Å². The van der Waals surface area contributed by atoms with E-state index in [1.807, 2.05) is 0 Å². The minimum absolute atomic E-state index is 0.313. The molecule has 0 spiro atoms. The molecule has 0 rings (SSSR count). The molecular formula is C7H9FS. The molecule has 0 bridgehead atoms. The molecule has 0 N–H and O–H groups in total. The van der Waals surface area contributed by atoms with Crippen LogP contribution in [0.5, 0.6) is 0 Å². The molecule has 0 saturated heterocycles. The Morgan fingerprint density at radius 3 is 2.56 bits per heavy atom. The molecule has 0 saturated carbocycles. The molecule has 0 nitrogen and oxygen atoms in total. The van der Waals surface area contributed by atoms with Gasteiger partial charge < -0.3 is 0 Å². The third-order valence-corrected chi connectivity index (χ3v) is 1.11. The van der Waals surface area contributed by atoms with Crippen LogP contribution in [0.25, 0.3) is 0 Å². The maximum Gasteiger partial charge on any atom is 0.135 e. The van der Waals surface area contributed by atoms with Gasteiger partial charge >= 0.3 is 0 Å². The molecule has 50 valence electrons. The summed E-state index contributed by atoms with van der Waals surface area (Å²) < 4.78 is 12.3.